The second kappa shape index (κ2) is 6.01. The number of nitrogens with two attached hydrogens (primary N) is 1. The zero-order valence-corrected chi connectivity index (χ0v) is 11.2. The first-order chi connectivity index (χ1) is 7.49. The molecular weight excluding hydrogens is 268 g/mol. The highest BCUT2D eigenvalue weighted by atomic mass is 79.9. The number of benzene rings is 1. The summed E-state index contributed by atoms with van der Waals surface area (Å²) in [6.07, 6.45) is 0. The monoisotopic (exact) mass is 284 g/mol. The van der Waals surface area contributed by atoms with E-state index in [9.17, 15) is 4.79 Å². The average Bonchev–Trinajstić information content (AvgIpc) is 2.19. The number of hydrogen-bond donors (Lipinski definition) is 1. The Hall–Kier alpha value is -0.870. The van der Waals surface area contributed by atoms with Gasteiger partial charge in [-0.2, -0.15) is 0 Å². The molecule has 0 saturated heterocycles. The van der Waals surface area contributed by atoms with Crippen molar-refractivity contribution in [3.05, 3.63) is 34.3 Å². The van der Waals surface area contributed by atoms with Crippen LogP contribution in [0.1, 0.15) is 19.4 Å². The zero-order chi connectivity index (χ0) is 12.1. The standard InChI is InChI=1S/C12H17BrN2O/c1-9(2)15(8-12(14)16)7-10-3-5-11(13)6-4-10/h3-6,9H,7-8H2,1-2H3,(H2,14,16). The van der Waals surface area contributed by atoms with Gasteiger partial charge in [0.05, 0.1) is 6.54 Å². The van der Waals surface area contributed by atoms with Crippen LogP contribution in [0, 0.1) is 0 Å². The summed E-state index contributed by atoms with van der Waals surface area (Å²) in [5.74, 6) is -0.286. The van der Waals surface area contributed by atoms with E-state index in [1.54, 1.807) is 0 Å². The Morgan fingerprint density at radius 2 is 1.94 bits per heavy atom. The van der Waals surface area contributed by atoms with Crippen LogP contribution in [-0.2, 0) is 11.3 Å². The van der Waals surface area contributed by atoms with Gasteiger partial charge in [-0.15, -0.1) is 0 Å². The Morgan fingerprint density at radius 1 is 1.38 bits per heavy atom. The summed E-state index contributed by atoms with van der Waals surface area (Å²) in [6, 6.07) is 8.38. The van der Waals surface area contributed by atoms with Crippen LogP contribution in [-0.4, -0.2) is 23.4 Å². The minimum absolute atomic E-state index is 0.286. The van der Waals surface area contributed by atoms with E-state index in [1.165, 1.54) is 5.56 Å². The molecule has 0 spiro atoms. The highest BCUT2D eigenvalue weighted by Crippen LogP contribution is 2.13. The Kier molecular flexibility index (Phi) is 4.96. The Labute approximate surface area is 105 Å². The van der Waals surface area contributed by atoms with E-state index in [-0.39, 0.29) is 5.91 Å². The van der Waals surface area contributed by atoms with E-state index in [2.05, 4.69) is 29.8 Å². The molecule has 4 heteroatoms. The summed E-state index contributed by atoms with van der Waals surface area (Å²) in [5.41, 5.74) is 6.40. The molecule has 2 N–H and O–H groups in total. The molecule has 3 nitrogen and oxygen atoms in total. The van der Waals surface area contributed by atoms with E-state index < -0.39 is 0 Å². The summed E-state index contributed by atoms with van der Waals surface area (Å²) >= 11 is 3.39. The largest absolute Gasteiger partial charge is 0.369 e. The zero-order valence-electron chi connectivity index (χ0n) is 9.61. The van der Waals surface area contributed by atoms with Crippen molar-refractivity contribution in [2.45, 2.75) is 26.4 Å². The number of rotatable bonds is 5. The minimum Gasteiger partial charge on any atom is -0.369 e. The lowest BCUT2D eigenvalue weighted by molar-refractivity contribution is -0.119. The lowest BCUT2D eigenvalue weighted by Gasteiger charge is -2.24. The molecule has 0 radical (unpaired) electrons. The molecule has 16 heavy (non-hydrogen) atoms. The SMILES string of the molecule is CC(C)N(CC(N)=O)Cc1ccc(Br)cc1. The minimum atomic E-state index is -0.286. The third kappa shape index (κ3) is 4.33. The first-order valence-corrected chi connectivity index (χ1v) is 6.05. The molecule has 0 saturated carbocycles. The molecular formula is C12H17BrN2O. The molecule has 0 bridgehead atoms. The highest BCUT2D eigenvalue weighted by molar-refractivity contribution is 9.10. The molecule has 1 rings (SSSR count). The van der Waals surface area contributed by atoms with Crippen LogP contribution < -0.4 is 5.73 Å². The summed E-state index contributed by atoms with van der Waals surface area (Å²) in [5, 5.41) is 0. The van der Waals surface area contributed by atoms with Crippen molar-refractivity contribution in [2.24, 2.45) is 5.73 Å². The van der Waals surface area contributed by atoms with Crippen LogP contribution in [0.15, 0.2) is 28.7 Å². The lowest BCUT2D eigenvalue weighted by Crippen LogP contribution is -2.37. The molecule has 0 heterocycles. The maximum absolute atomic E-state index is 10.9. The van der Waals surface area contributed by atoms with Gasteiger partial charge in [-0.25, -0.2) is 0 Å². The van der Waals surface area contributed by atoms with Gasteiger partial charge < -0.3 is 5.73 Å². The predicted octanol–water partition coefficient (Wildman–Crippen LogP) is 2.14. The van der Waals surface area contributed by atoms with E-state index >= 15 is 0 Å². The molecule has 0 aromatic heterocycles. The van der Waals surface area contributed by atoms with E-state index in [0.717, 1.165) is 11.0 Å². The van der Waals surface area contributed by atoms with Gasteiger partial charge in [-0.05, 0) is 31.5 Å². The van der Waals surface area contributed by atoms with Crippen molar-refractivity contribution in [3.63, 3.8) is 0 Å². The molecule has 0 aliphatic heterocycles. The van der Waals surface area contributed by atoms with Gasteiger partial charge in [0, 0.05) is 17.1 Å². The van der Waals surface area contributed by atoms with Crippen molar-refractivity contribution in [1.82, 2.24) is 4.90 Å². The molecule has 1 amide bonds. The highest BCUT2D eigenvalue weighted by Gasteiger charge is 2.12. The number of hydrogen-bond acceptors (Lipinski definition) is 2. The second-order valence-electron chi connectivity index (χ2n) is 4.09. The van der Waals surface area contributed by atoms with Gasteiger partial charge in [-0.1, -0.05) is 28.1 Å². The van der Waals surface area contributed by atoms with Crippen molar-refractivity contribution >= 4 is 21.8 Å². The van der Waals surface area contributed by atoms with E-state index in [1.807, 2.05) is 29.2 Å². The summed E-state index contributed by atoms with van der Waals surface area (Å²) < 4.78 is 1.06. The fraction of sp³-hybridized carbons (Fsp3) is 0.417. The Morgan fingerprint density at radius 3 is 2.38 bits per heavy atom. The maximum atomic E-state index is 10.9. The summed E-state index contributed by atoms with van der Waals surface area (Å²) in [7, 11) is 0. The normalized spacial score (nSPS) is 11.1. The molecule has 0 atom stereocenters. The summed E-state index contributed by atoms with van der Waals surface area (Å²) in [4.78, 5) is 13.0. The van der Waals surface area contributed by atoms with Gasteiger partial charge in [-0.3, -0.25) is 9.69 Å². The van der Waals surface area contributed by atoms with Crippen molar-refractivity contribution in [1.29, 1.82) is 0 Å². The number of primary amides is 1. The number of carbonyl (C=O) groups excluding carboxylic acids is 1. The Bertz CT molecular complexity index is 349. The molecule has 88 valence electrons. The first-order valence-electron chi connectivity index (χ1n) is 5.26. The van der Waals surface area contributed by atoms with Crippen LogP contribution in [0.3, 0.4) is 0 Å². The van der Waals surface area contributed by atoms with Gasteiger partial charge in [0.2, 0.25) is 5.91 Å². The quantitative estimate of drug-likeness (QED) is 0.901. The summed E-state index contributed by atoms with van der Waals surface area (Å²) in [6.45, 7) is 5.16. The Balaban J connectivity index is 2.67. The third-order valence-electron chi connectivity index (χ3n) is 2.39. The molecule has 1 aromatic rings. The maximum Gasteiger partial charge on any atom is 0.231 e. The number of amides is 1. The van der Waals surface area contributed by atoms with Crippen molar-refractivity contribution < 1.29 is 4.79 Å². The van der Waals surface area contributed by atoms with Crippen LogP contribution in [0.25, 0.3) is 0 Å². The average molecular weight is 285 g/mol. The first kappa shape index (κ1) is 13.2. The fourth-order valence-corrected chi connectivity index (χ4v) is 1.71. The van der Waals surface area contributed by atoms with Crippen molar-refractivity contribution in [2.75, 3.05) is 6.54 Å². The molecule has 0 fully saturated rings. The van der Waals surface area contributed by atoms with Gasteiger partial charge >= 0.3 is 0 Å². The molecule has 0 aliphatic rings. The van der Waals surface area contributed by atoms with Gasteiger partial charge in [0.25, 0.3) is 0 Å². The van der Waals surface area contributed by atoms with Crippen LogP contribution in [0.2, 0.25) is 0 Å². The number of carbonyl (C=O) groups is 1. The fourth-order valence-electron chi connectivity index (χ4n) is 1.45. The molecule has 0 aliphatic carbocycles. The topological polar surface area (TPSA) is 46.3 Å². The number of halogens is 1. The van der Waals surface area contributed by atoms with Gasteiger partial charge in [0.1, 0.15) is 0 Å². The van der Waals surface area contributed by atoms with Crippen molar-refractivity contribution in [3.8, 4) is 0 Å². The van der Waals surface area contributed by atoms with E-state index in [4.69, 9.17) is 5.73 Å². The second-order valence-corrected chi connectivity index (χ2v) is 5.01. The predicted molar refractivity (Wildman–Crippen MR) is 68.9 cm³/mol. The third-order valence-corrected chi connectivity index (χ3v) is 2.92. The molecule has 0 unspecified atom stereocenters. The molecule has 1 aromatic carbocycles. The van der Waals surface area contributed by atoms with Gasteiger partial charge in [0.15, 0.2) is 0 Å². The lowest BCUT2D eigenvalue weighted by atomic mass is 10.2. The van der Waals surface area contributed by atoms with Crippen LogP contribution in [0.5, 0.6) is 0 Å². The van der Waals surface area contributed by atoms with Crippen LogP contribution in [0.4, 0.5) is 0 Å². The smallest absolute Gasteiger partial charge is 0.231 e. The van der Waals surface area contributed by atoms with E-state index in [0.29, 0.717) is 12.6 Å². The van der Waals surface area contributed by atoms with Crippen LogP contribution >= 0.6 is 15.9 Å². The number of nitrogens with zero attached hydrogens (tertiary/aromatic N) is 1.